The number of thiophene rings is 1. The normalized spacial score (nSPS) is 15.7. The van der Waals surface area contributed by atoms with Crippen LogP contribution >= 0.6 is 11.3 Å². The number of nitrogens with one attached hydrogen (secondary N) is 2. The largest absolute Gasteiger partial charge is 0.480 e. The number of ether oxygens (including phenoxy) is 1. The van der Waals surface area contributed by atoms with Crippen LogP contribution in [0, 0.1) is 5.92 Å². The summed E-state index contributed by atoms with van der Waals surface area (Å²) in [7, 11) is 0. The highest BCUT2D eigenvalue weighted by atomic mass is 32.1. The number of furan rings is 1. The van der Waals surface area contributed by atoms with Crippen molar-refractivity contribution in [3.8, 4) is 0 Å². The van der Waals surface area contributed by atoms with E-state index >= 15 is 0 Å². The molecule has 8 nitrogen and oxygen atoms in total. The second-order valence-electron chi connectivity index (χ2n) is 6.75. The summed E-state index contributed by atoms with van der Waals surface area (Å²) >= 11 is 1.40. The molecule has 2 aromatic heterocycles. The summed E-state index contributed by atoms with van der Waals surface area (Å²) in [6.45, 7) is 1.47. The molecule has 0 fully saturated rings. The number of fused-ring (bicyclic) bond motifs is 1. The molecule has 1 aliphatic carbocycles. The molecular formula is C19H22N2O6S. The monoisotopic (exact) mass is 406 g/mol. The molecule has 0 saturated carbocycles. The first-order valence-electron chi connectivity index (χ1n) is 8.98. The molecule has 2 heterocycles. The maximum atomic E-state index is 12.9. The van der Waals surface area contributed by atoms with Crippen molar-refractivity contribution in [1.82, 2.24) is 5.32 Å². The number of carbonyl (C=O) groups excluding carboxylic acids is 2. The summed E-state index contributed by atoms with van der Waals surface area (Å²) in [4.78, 5) is 36.6. The van der Waals surface area contributed by atoms with Gasteiger partial charge in [0.25, 0.3) is 11.8 Å². The molecule has 3 N–H and O–H groups in total. The van der Waals surface area contributed by atoms with Crippen LogP contribution in [-0.4, -0.2) is 36.1 Å². The summed E-state index contributed by atoms with van der Waals surface area (Å²) < 4.78 is 10.1. The lowest BCUT2D eigenvalue weighted by molar-refractivity contribution is -0.143. The lowest BCUT2D eigenvalue weighted by atomic mass is 9.88. The minimum Gasteiger partial charge on any atom is -0.480 e. The lowest BCUT2D eigenvalue weighted by Gasteiger charge is -2.18. The molecule has 0 spiro atoms. The topological polar surface area (TPSA) is 118 Å². The van der Waals surface area contributed by atoms with E-state index < -0.39 is 25.1 Å². The molecule has 0 aromatic carbocycles. The van der Waals surface area contributed by atoms with E-state index in [2.05, 4.69) is 17.6 Å². The van der Waals surface area contributed by atoms with E-state index in [4.69, 9.17) is 14.3 Å². The summed E-state index contributed by atoms with van der Waals surface area (Å²) in [6, 6.07) is 3.52. The van der Waals surface area contributed by atoms with Gasteiger partial charge in [-0.25, -0.2) is 4.79 Å². The van der Waals surface area contributed by atoms with Crippen LogP contribution in [0.1, 0.15) is 39.9 Å². The molecule has 0 aliphatic heterocycles. The first kappa shape index (κ1) is 20.1. The molecule has 1 atom stereocenters. The van der Waals surface area contributed by atoms with Gasteiger partial charge in [0.1, 0.15) is 24.0 Å². The molecule has 9 heteroatoms. The Balaban J connectivity index is 1.75. The van der Waals surface area contributed by atoms with Gasteiger partial charge < -0.3 is 24.9 Å². The van der Waals surface area contributed by atoms with Gasteiger partial charge in [-0.05, 0) is 42.9 Å². The van der Waals surface area contributed by atoms with Crippen LogP contribution in [0.5, 0.6) is 0 Å². The highest BCUT2D eigenvalue weighted by Crippen LogP contribution is 2.39. The van der Waals surface area contributed by atoms with Crippen LogP contribution in [0.15, 0.2) is 22.8 Å². The van der Waals surface area contributed by atoms with Crippen molar-refractivity contribution in [1.29, 1.82) is 0 Å². The van der Waals surface area contributed by atoms with Gasteiger partial charge in [0, 0.05) is 4.88 Å². The summed E-state index contributed by atoms with van der Waals surface area (Å²) in [5.74, 6) is -0.754. The number of carbonyl (C=O) groups is 3. The number of anilines is 1. The lowest BCUT2D eigenvalue weighted by Crippen LogP contribution is -2.26. The van der Waals surface area contributed by atoms with E-state index in [0.29, 0.717) is 22.2 Å². The van der Waals surface area contributed by atoms with E-state index in [9.17, 15) is 14.4 Å². The predicted molar refractivity (Wildman–Crippen MR) is 102 cm³/mol. The number of aliphatic carboxylic acids is 1. The van der Waals surface area contributed by atoms with Crippen molar-refractivity contribution in [3.05, 3.63) is 40.2 Å². The van der Waals surface area contributed by atoms with Gasteiger partial charge in [0.2, 0.25) is 0 Å². The summed E-state index contributed by atoms with van der Waals surface area (Å²) in [6.07, 6.45) is 4.17. The molecule has 2 amide bonds. The molecule has 0 unspecified atom stereocenters. The average Bonchev–Trinajstić information content (AvgIpc) is 3.26. The molecular weight excluding hydrogens is 384 g/mol. The summed E-state index contributed by atoms with van der Waals surface area (Å²) in [5, 5.41) is 14.6. The smallest absolute Gasteiger partial charge is 0.329 e. The molecule has 28 heavy (non-hydrogen) atoms. The first-order chi connectivity index (χ1) is 13.4. The molecule has 2 aromatic rings. The maximum Gasteiger partial charge on any atom is 0.329 e. The molecule has 150 valence electrons. The van der Waals surface area contributed by atoms with Crippen LogP contribution < -0.4 is 10.6 Å². The minimum absolute atomic E-state index is 0.252. The second-order valence-corrected chi connectivity index (χ2v) is 7.86. The van der Waals surface area contributed by atoms with Crippen molar-refractivity contribution in [2.75, 3.05) is 18.5 Å². The Morgan fingerprint density at radius 1 is 1.36 bits per heavy atom. The molecule has 0 bridgehead atoms. The Morgan fingerprint density at radius 3 is 2.89 bits per heavy atom. The fourth-order valence-corrected chi connectivity index (χ4v) is 4.57. The summed E-state index contributed by atoms with van der Waals surface area (Å²) in [5.41, 5.74) is 1.45. The van der Waals surface area contributed by atoms with Gasteiger partial charge in [-0.1, -0.05) is 6.92 Å². The van der Waals surface area contributed by atoms with Crippen LogP contribution in [-0.2, 0) is 33.7 Å². The maximum absolute atomic E-state index is 12.9. The van der Waals surface area contributed by atoms with Gasteiger partial charge in [-0.15, -0.1) is 11.3 Å². The number of carboxylic acids is 1. The van der Waals surface area contributed by atoms with Gasteiger partial charge in [0.05, 0.1) is 18.4 Å². The second kappa shape index (κ2) is 9.03. The first-order valence-corrected chi connectivity index (χ1v) is 9.80. The van der Waals surface area contributed by atoms with E-state index in [0.717, 1.165) is 29.7 Å². The molecule has 0 saturated heterocycles. The van der Waals surface area contributed by atoms with Gasteiger partial charge in [0.15, 0.2) is 0 Å². The van der Waals surface area contributed by atoms with E-state index in [-0.39, 0.29) is 12.5 Å². The number of rotatable bonds is 8. The Labute approximate surface area is 165 Å². The third kappa shape index (κ3) is 4.99. The molecule has 3 rings (SSSR count). The zero-order valence-corrected chi connectivity index (χ0v) is 16.3. The average molecular weight is 406 g/mol. The number of hydrogen-bond acceptors (Lipinski definition) is 6. The zero-order chi connectivity index (χ0) is 20.1. The predicted octanol–water partition coefficient (Wildman–Crippen LogP) is 2.44. The number of hydrogen-bond donors (Lipinski definition) is 3. The molecule has 0 radical (unpaired) electrons. The van der Waals surface area contributed by atoms with Crippen molar-refractivity contribution < 1.29 is 28.6 Å². The van der Waals surface area contributed by atoms with E-state index in [1.54, 1.807) is 12.1 Å². The standard InChI is InChI=1S/C19H22N2O6S/c1-11-4-5-13-14(7-11)28-19(21-15(22)9-26-10-16(23)24)17(13)18(25)20-8-12-3-2-6-27-12/h2-3,6,11H,4-5,7-10H2,1H3,(H,20,25)(H,21,22)(H,23,24)/t11-/m0/s1. The third-order valence-electron chi connectivity index (χ3n) is 4.45. The van der Waals surface area contributed by atoms with Crippen molar-refractivity contribution >= 4 is 34.1 Å². The zero-order valence-electron chi connectivity index (χ0n) is 15.4. The third-order valence-corrected chi connectivity index (χ3v) is 5.62. The quantitative estimate of drug-likeness (QED) is 0.620. The van der Waals surface area contributed by atoms with Crippen LogP contribution in [0.3, 0.4) is 0 Å². The minimum atomic E-state index is -1.15. The fraction of sp³-hybridized carbons (Fsp3) is 0.421. The van der Waals surface area contributed by atoms with Crippen molar-refractivity contribution in [3.63, 3.8) is 0 Å². The Morgan fingerprint density at radius 2 is 2.18 bits per heavy atom. The highest BCUT2D eigenvalue weighted by Gasteiger charge is 2.28. The van der Waals surface area contributed by atoms with Gasteiger partial charge >= 0.3 is 5.97 Å². The van der Waals surface area contributed by atoms with Gasteiger partial charge in [-0.2, -0.15) is 0 Å². The fourth-order valence-electron chi connectivity index (χ4n) is 3.14. The van der Waals surface area contributed by atoms with Crippen LogP contribution in [0.25, 0.3) is 0 Å². The van der Waals surface area contributed by atoms with Crippen LogP contribution in [0.4, 0.5) is 5.00 Å². The Kier molecular flexibility index (Phi) is 6.48. The van der Waals surface area contributed by atoms with Crippen LogP contribution in [0.2, 0.25) is 0 Å². The van der Waals surface area contributed by atoms with Crippen molar-refractivity contribution in [2.45, 2.75) is 32.7 Å². The number of amides is 2. The van der Waals surface area contributed by atoms with Crippen molar-refractivity contribution in [2.24, 2.45) is 5.92 Å². The number of carboxylic acid groups (broad SMARTS) is 1. The van der Waals surface area contributed by atoms with E-state index in [1.807, 2.05) is 0 Å². The Hall–Kier alpha value is -2.65. The highest BCUT2D eigenvalue weighted by molar-refractivity contribution is 7.17. The van der Waals surface area contributed by atoms with E-state index in [1.165, 1.54) is 17.6 Å². The Bertz CT molecular complexity index is 858. The molecule has 1 aliphatic rings. The SMILES string of the molecule is C[C@H]1CCc2c(sc(NC(=O)COCC(=O)O)c2C(=O)NCc2ccco2)C1. The van der Waals surface area contributed by atoms with Gasteiger partial charge in [-0.3, -0.25) is 9.59 Å².